The van der Waals surface area contributed by atoms with Gasteiger partial charge < -0.3 is 9.63 Å². The first kappa shape index (κ1) is 17.8. The fraction of sp³-hybridized carbons (Fsp3) is 0.250. The number of aliphatic carboxylic acids is 1. The predicted molar refractivity (Wildman–Crippen MR) is 97.5 cm³/mol. The summed E-state index contributed by atoms with van der Waals surface area (Å²) in [4.78, 5) is 17.8. The van der Waals surface area contributed by atoms with Gasteiger partial charge in [0.25, 0.3) is 0 Å². The van der Waals surface area contributed by atoms with Gasteiger partial charge in [0, 0.05) is 5.56 Å². The van der Waals surface area contributed by atoms with Gasteiger partial charge in [0.15, 0.2) is 0 Å². The molecule has 3 rings (SSSR count). The average Bonchev–Trinajstić information content (AvgIpc) is 3.13. The first-order valence-corrected chi connectivity index (χ1v) is 8.59. The Balaban J connectivity index is 2.00. The van der Waals surface area contributed by atoms with Crippen LogP contribution in [-0.4, -0.2) is 39.2 Å². The van der Waals surface area contributed by atoms with Gasteiger partial charge in [0.2, 0.25) is 11.7 Å². The van der Waals surface area contributed by atoms with Crippen molar-refractivity contribution < 1.29 is 14.4 Å². The number of hydrogen-bond acceptors (Lipinski definition) is 5. The minimum atomic E-state index is -0.887. The average molecular weight is 351 g/mol. The second kappa shape index (κ2) is 8.40. The Kier molecular flexibility index (Phi) is 5.76. The standard InChI is InChI=1S/C20H21N3O3/c1-2-13-23(14-17(24)25)18(15-9-5-3-6-10-15)20-21-19(22-26-20)16-11-7-4-8-12-16/h3-12,18H,2,13-14H2,1H3,(H,24,25). The summed E-state index contributed by atoms with van der Waals surface area (Å²) in [6, 6.07) is 18.8. The third-order valence-corrected chi connectivity index (χ3v) is 4.04. The highest BCUT2D eigenvalue weighted by atomic mass is 16.5. The molecule has 0 radical (unpaired) electrons. The molecule has 26 heavy (non-hydrogen) atoms. The van der Waals surface area contributed by atoms with Crippen molar-refractivity contribution in [3.05, 3.63) is 72.1 Å². The zero-order valence-electron chi connectivity index (χ0n) is 14.6. The quantitative estimate of drug-likeness (QED) is 0.668. The molecule has 1 atom stereocenters. The summed E-state index contributed by atoms with van der Waals surface area (Å²) in [6.45, 7) is 2.52. The third kappa shape index (κ3) is 4.15. The van der Waals surface area contributed by atoms with E-state index in [1.54, 1.807) is 0 Å². The maximum atomic E-state index is 11.4. The zero-order valence-corrected chi connectivity index (χ0v) is 14.6. The van der Waals surface area contributed by atoms with Crippen LogP contribution >= 0.6 is 0 Å². The molecule has 0 amide bonds. The number of benzene rings is 2. The van der Waals surface area contributed by atoms with Gasteiger partial charge in [-0.3, -0.25) is 9.69 Å². The summed E-state index contributed by atoms with van der Waals surface area (Å²) in [5.41, 5.74) is 1.78. The van der Waals surface area contributed by atoms with Gasteiger partial charge in [-0.05, 0) is 18.5 Å². The van der Waals surface area contributed by atoms with Gasteiger partial charge in [-0.15, -0.1) is 0 Å². The van der Waals surface area contributed by atoms with Gasteiger partial charge >= 0.3 is 5.97 Å². The van der Waals surface area contributed by atoms with E-state index in [2.05, 4.69) is 10.1 Å². The molecule has 0 saturated carbocycles. The molecule has 1 heterocycles. The number of aromatic nitrogens is 2. The van der Waals surface area contributed by atoms with Crippen molar-refractivity contribution in [1.82, 2.24) is 15.0 Å². The highest BCUT2D eigenvalue weighted by molar-refractivity contribution is 5.69. The molecule has 6 nitrogen and oxygen atoms in total. The molecule has 134 valence electrons. The molecule has 1 N–H and O–H groups in total. The lowest BCUT2D eigenvalue weighted by Crippen LogP contribution is -2.35. The van der Waals surface area contributed by atoms with Crippen LogP contribution in [0.3, 0.4) is 0 Å². The van der Waals surface area contributed by atoms with Crippen LogP contribution in [0.15, 0.2) is 65.2 Å². The molecular formula is C20H21N3O3. The molecule has 0 saturated heterocycles. The second-order valence-electron chi connectivity index (χ2n) is 6.00. The number of carboxylic acid groups (broad SMARTS) is 1. The summed E-state index contributed by atoms with van der Waals surface area (Å²) >= 11 is 0. The van der Waals surface area contributed by atoms with Crippen LogP contribution in [0.25, 0.3) is 11.4 Å². The van der Waals surface area contributed by atoms with E-state index in [1.165, 1.54) is 0 Å². The van der Waals surface area contributed by atoms with Crippen molar-refractivity contribution in [3.63, 3.8) is 0 Å². The molecule has 0 fully saturated rings. The van der Waals surface area contributed by atoms with Crippen LogP contribution in [0.5, 0.6) is 0 Å². The highest BCUT2D eigenvalue weighted by Crippen LogP contribution is 2.29. The first-order chi connectivity index (χ1) is 12.7. The number of rotatable bonds is 8. The van der Waals surface area contributed by atoms with E-state index in [9.17, 15) is 9.90 Å². The lowest BCUT2D eigenvalue weighted by Gasteiger charge is -2.27. The zero-order chi connectivity index (χ0) is 18.4. The number of hydrogen-bond donors (Lipinski definition) is 1. The monoisotopic (exact) mass is 351 g/mol. The number of carboxylic acids is 1. The topological polar surface area (TPSA) is 79.5 Å². The van der Waals surface area contributed by atoms with Gasteiger partial charge in [-0.2, -0.15) is 4.98 Å². The fourth-order valence-electron chi connectivity index (χ4n) is 2.96. The summed E-state index contributed by atoms with van der Waals surface area (Å²) in [6.07, 6.45) is 0.816. The smallest absolute Gasteiger partial charge is 0.317 e. The van der Waals surface area contributed by atoms with Crippen molar-refractivity contribution >= 4 is 5.97 Å². The Bertz CT molecular complexity index is 834. The summed E-state index contributed by atoms with van der Waals surface area (Å²) in [5, 5.41) is 13.4. The minimum Gasteiger partial charge on any atom is -0.480 e. The molecular weight excluding hydrogens is 330 g/mol. The molecule has 0 aliphatic rings. The lowest BCUT2D eigenvalue weighted by atomic mass is 10.0. The van der Waals surface area contributed by atoms with Crippen molar-refractivity contribution in [2.24, 2.45) is 0 Å². The molecule has 0 aliphatic carbocycles. The van der Waals surface area contributed by atoms with Crippen LogP contribution in [0.1, 0.15) is 30.8 Å². The van der Waals surface area contributed by atoms with Crippen LogP contribution in [-0.2, 0) is 4.79 Å². The summed E-state index contributed by atoms with van der Waals surface area (Å²) in [7, 11) is 0. The molecule has 6 heteroatoms. The molecule has 1 aromatic heterocycles. The number of carbonyl (C=O) groups is 1. The Morgan fingerprint density at radius 3 is 2.38 bits per heavy atom. The Hall–Kier alpha value is -2.99. The molecule has 0 bridgehead atoms. The van der Waals surface area contributed by atoms with Crippen LogP contribution in [0.2, 0.25) is 0 Å². The second-order valence-corrected chi connectivity index (χ2v) is 6.00. The fourth-order valence-corrected chi connectivity index (χ4v) is 2.96. The molecule has 3 aromatic rings. The number of nitrogens with zero attached hydrogens (tertiary/aromatic N) is 3. The Morgan fingerprint density at radius 1 is 1.12 bits per heavy atom. The molecule has 0 aliphatic heterocycles. The van der Waals surface area contributed by atoms with Crippen LogP contribution in [0, 0.1) is 0 Å². The maximum Gasteiger partial charge on any atom is 0.317 e. The Labute approximate surface area is 152 Å². The van der Waals surface area contributed by atoms with Crippen molar-refractivity contribution in [1.29, 1.82) is 0 Å². The van der Waals surface area contributed by atoms with E-state index in [4.69, 9.17) is 4.52 Å². The van der Waals surface area contributed by atoms with Crippen molar-refractivity contribution in [3.8, 4) is 11.4 Å². The van der Waals surface area contributed by atoms with E-state index >= 15 is 0 Å². The molecule has 2 aromatic carbocycles. The van der Waals surface area contributed by atoms with E-state index in [-0.39, 0.29) is 6.54 Å². The minimum absolute atomic E-state index is 0.101. The van der Waals surface area contributed by atoms with Crippen LogP contribution < -0.4 is 0 Å². The molecule has 0 spiro atoms. The van der Waals surface area contributed by atoms with Gasteiger partial charge in [-0.1, -0.05) is 72.7 Å². The van der Waals surface area contributed by atoms with E-state index in [0.717, 1.165) is 17.5 Å². The van der Waals surface area contributed by atoms with E-state index < -0.39 is 12.0 Å². The lowest BCUT2D eigenvalue weighted by molar-refractivity contribution is -0.138. The first-order valence-electron chi connectivity index (χ1n) is 8.59. The largest absolute Gasteiger partial charge is 0.480 e. The maximum absolute atomic E-state index is 11.4. The van der Waals surface area contributed by atoms with E-state index in [1.807, 2.05) is 72.5 Å². The van der Waals surface area contributed by atoms with Crippen molar-refractivity contribution in [2.75, 3.05) is 13.1 Å². The summed E-state index contributed by atoms with van der Waals surface area (Å²) < 4.78 is 5.55. The Morgan fingerprint density at radius 2 is 1.77 bits per heavy atom. The predicted octanol–water partition coefficient (Wildman–Crippen LogP) is 3.62. The highest BCUT2D eigenvalue weighted by Gasteiger charge is 2.29. The summed E-state index contributed by atoms with van der Waals surface area (Å²) in [5.74, 6) is 0.000219. The van der Waals surface area contributed by atoms with Crippen LogP contribution in [0.4, 0.5) is 0 Å². The van der Waals surface area contributed by atoms with Gasteiger partial charge in [0.1, 0.15) is 6.04 Å². The van der Waals surface area contributed by atoms with Crippen molar-refractivity contribution in [2.45, 2.75) is 19.4 Å². The van der Waals surface area contributed by atoms with Gasteiger partial charge in [-0.25, -0.2) is 0 Å². The van der Waals surface area contributed by atoms with Gasteiger partial charge in [0.05, 0.1) is 6.54 Å². The van der Waals surface area contributed by atoms with E-state index in [0.29, 0.717) is 18.3 Å². The SMILES string of the molecule is CCCN(CC(=O)O)C(c1ccccc1)c1nc(-c2ccccc2)no1. The molecule has 1 unspecified atom stereocenters. The normalized spacial score (nSPS) is 12.2. The third-order valence-electron chi connectivity index (χ3n) is 4.04.